The van der Waals surface area contributed by atoms with Gasteiger partial charge in [0.25, 0.3) is 5.91 Å². The summed E-state index contributed by atoms with van der Waals surface area (Å²) in [5.41, 5.74) is 0.965. The van der Waals surface area contributed by atoms with Gasteiger partial charge >= 0.3 is 5.97 Å². The molecule has 0 saturated carbocycles. The number of aromatic carboxylic acids is 1. The Balaban J connectivity index is 2.04. The third-order valence-corrected chi connectivity index (χ3v) is 4.49. The highest BCUT2D eigenvalue weighted by Gasteiger charge is 2.34. The maximum absolute atomic E-state index is 12.5. The minimum Gasteiger partial charge on any atom is -0.497 e. The van der Waals surface area contributed by atoms with E-state index in [4.69, 9.17) is 56.9 Å². The first-order valence-electron chi connectivity index (χ1n) is 8.02. The molecule has 1 unspecified atom stereocenters. The monoisotopic (exact) mass is 475 g/mol. The predicted octanol–water partition coefficient (Wildman–Crippen LogP) is 3.81. The summed E-state index contributed by atoms with van der Waals surface area (Å²) < 4.78 is 3.13. The molecule has 11 heteroatoms. The van der Waals surface area contributed by atoms with Crippen LogP contribution in [0.4, 0.5) is 5.69 Å². The van der Waals surface area contributed by atoms with E-state index < -0.39 is 21.8 Å². The normalized spacial score (nSPS) is 11.9. The van der Waals surface area contributed by atoms with Crippen molar-refractivity contribution in [2.45, 2.75) is 9.96 Å². The number of anilines is 1. The number of carbonyl (C=O) groups is 2. The standard InChI is InChI=1S/C18H16Cl3N3O4S/c1-28-13-8-4-10(5-9-13)14(25)23-16(18(19,20)21)24-17(29)22-12-6-2-11(3-7-12)15(26)27/h2-9,16H,1H3,(H,23,25)(H,26,27)(H2,22,24,29). The van der Waals surface area contributed by atoms with Crippen LogP contribution in [0.3, 0.4) is 0 Å². The number of carboxylic acid groups (broad SMARTS) is 1. The fourth-order valence-corrected chi connectivity index (χ4v) is 2.71. The number of benzene rings is 2. The van der Waals surface area contributed by atoms with Gasteiger partial charge in [-0.25, -0.2) is 4.79 Å². The van der Waals surface area contributed by atoms with E-state index in [1.807, 2.05) is 0 Å². The van der Waals surface area contributed by atoms with Crippen LogP contribution in [0.25, 0.3) is 0 Å². The number of carbonyl (C=O) groups excluding carboxylic acids is 1. The maximum Gasteiger partial charge on any atom is 0.335 e. The van der Waals surface area contributed by atoms with Crippen molar-refractivity contribution < 1.29 is 19.4 Å². The first-order chi connectivity index (χ1) is 13.6. The zero-order valence-corrected chi connectivity index (χ0v) is 18.0. The minimum absolute atomic E-state index is 0.0550. The molecule has 2 aromatic rings. The molecule has 4 N–H and O–H groups in total. The topological polar surface area (TPSA) is 99.7 Å². The van der Waals surface area contributed by atoms with Gasteiger partial charge in [-0.3, -0.25) is 4.79 Å². The quantitative estimate of drug-likeness (QED) is 0.286. The summed E-state index contributed by atoms with van der Waals surface area (Å²) in [5, 5.41) is 17.1. The zero-order chi connectivity index (χ0) is 21.6. The number of nitrogens with one attached hydrogen (secondary N) is 3. The van der Waals surface area contributed by atoms with Crippen molar-refractivity contribution in [3.8, 4) is 5.75 Å². The first-order valence-corrected chi connectivity index (χ1v) is 9.57. The molecule has 2 rings (SSSR count). The van der Waals surface area contributed by atoms with E-state index in [0.717, 1.165) is 0 Å². The molecule has 0 heterocycles. The highest BCUT2D eigenvalue weighted by Crippen LogP contribution is 2.29. The number of hydrogen-bond acceptors (Lipinski definition) is 4. The van der Waals surface area contributed by atoms with E-state index >= 15 is 0 Å². The molecule has 0 saturated heterocycles. The van der Waals surface area contributed by atoms with Crippen molar-refractivity contribution in [2.24, 2.45) is 0 Å². The number of rotatable bonds is 6. The van der Waals surface area contributed by atoms with Crippen molar-refractivity contribution in [3.63, 3.8) is 0 Å². The van der Waals surface area contributed by atoms with Crippen LogP contribution in [0, 0.1) is 0 Å². The van der Waals surface area contributed by atoms with Gasteiger partial charge in [0, 0.05) is 11.3 Å². The molecular weight excluding hydrogens is 461 g/mol. The third kappa shape index (κ3) is 6.93. The highest BCUT2D eigenvalue weighted by molar-refractivity contribution is 7.80. The van der Waals surface area contributed by atoms with Crippen LogP contribution < -0.4 is 20.7 Å². The summed E-state index contributed by atoms with van der Waals surface area (Å²) in [5.74, 6) is -0.947. The fraction of sp³-hybridized carbons (Fsp3) is 0.167. The Morgan fingerprint density at radius 3 is 2.03 bits per heavy atom. The van der Waals surface area contributed by atoms with Gasteiger partial charge in [0.15, 0.2) is 5.11 Å². The van der Waals surface area contributed by atoms with E-state index in [1.165, 1.54) is 31.4 Å². The first kappa shape index (κ1) is 23.0. The molecular formula is C18H16Cl3N3O4S. The Morgan fingerprint density at radius 2 is 1.55 bits per heavy atom. The zero-order valence-electron chi connectivity index (χ0n) is 14.9. The van der Waals surface area contributed by atoms with E-state index in [1.54, 1.807) is 24.3 Å². The summed E-state index contributed by atoms with van der Waals surface area (Å²) in [6, 6.07) is 12.2. The largest absolute Gasteiger partial charge is 0.497 e. The molecule has 154 valence electrons. The van der Waals surface area contributed by atoms with Gasteiger partial charge in [-0.1, -0.05) is 34.8 Å². The van der Waals surface area contributed by atoms with Crippen molar-refractivity contribution in [1.29, 1.82) is 0 Å². The van der Waals surface area contributed by atoms with Crippen LogP contribution in [-0.2, 0) is 0 Å². The molecule has 2 aromatic carbocycles. The number of thiocarbonyl (C=S) groups is 1. The van der Waals surface area contributed by atoms with Crippen LogP contribution in [0.5, 0.6) is 5.75 Å². The average Bonchev–Trinajstić information content (AvgIpc) is 2.67. The summed E-state index contributed by atoms with van der Waals surface area (Å²) in [6.07, 6.45) is -1.15. The smallest absolute Gasteiger partial charge is 0.335 e. The molecule has 0 radical (unpaired) electrons. The van der Waals surface area contributed by atoms with Gasteiger partial charge in [-0.2, -0.15) is 0 Å². The van der Waals surface area contributed by atoms with Gasteiger partial charge in [0.1, 0.15) is 11.9 Å². The lowest BCUT2D eigenvalue weighted by Gasteiger charge is -2.27. The summed E-state index contributed by atoms with van der Waals surface area (Å²) in [6.45, 7) is 0. The number of methoxy groups -OCH3 is 1. The lowest BCUT2D eigenvalue weighted by molar-refractivity contribution is 0.0696. The number of halogens is 3. The van der Waals surface area contributed by atoms with E-state index in [2.05, 4.69) is 16.0 Å². The summed E-state index contributed by atoms with van der Waals surface area (Å²) in [4.78, 5) is 23.4. The molecule has 1 amide bonds. The number of ether oxygens (including phenoxy) is 1. The second kappa shape index (κ2) is 9.98. The predicted molar refractivity (Wildman–Crippen MR) is 117 cm³/mol. The van der Waals surface area contributed by atoms with E-state index in [9.17, 15) is 9.59 Å². The van der Waals surface area contributed by atoms with Crippen molar-refractivity contribution in [3.05, 3.63) is 59.7 Å². The Kier molecular flexibility index (Phi) is 7.92. The summed E-state index contributed by atoms with van der Waals surface area (Å²) >= 11 is 23.1. The molecule has 0 aliphatic rings. The average molecular weight is 477 g/mol. The van der Waals surface area contributed by atoms with Crippen LogP contribution >= 0.6 is 47.0 Å². The molecule has 0 aliphatic heterocycles. The van der Waals surface area contributed by atoms with Crippen molar-refractivity contribution in [2.75, 3.05) is 12.4 Å². The summed E-state index contributed by atoms with van der Waals surface area (Å²) in [7, 11) is 1.51. The molecule has 0 bridgehead atoms. The second-order valence-electron chi connectivity index (χ2n) is 5.66. The molecule has 0 spiro atoms. The van der Waals surface area contributed by atoms with Gasteiger partial charge in [0.2, 0.25) is 3.79 Å². The maximum atomic E-state index is 12.5. The van der Waals surface area contributed by atoms with Crippen LogP contribution in [-0.4, -0.2) is 39.2 Å². The van der Waals surface area contributed by atoms with Crippen LogP contribution in [0.1, 0.15) is 20.7 Å². The molecule has 0 fully saturated rings. The highest BCUT2D eigenvalue weighted by atomic mass is 35.6. The van der Waals surface area contributed by atoms with Crippen LogP contribution in [0.15, 0.2) is 48.5 Å². The SMILES string of the molecule is COc1ccc(C(=O)NC(NC(=S)Nc2ccc(C(=O)O)cc2)C(Cl)(Cl)Cl)cc1. The van der Waals surface area contributed by atoms with Gasteiger partial charge in [0.05, 0.1) is 12.7 Å². The van der Waals surface area contributed by atoms with Crippen molar-refractivity contribution in [1.82, 2.24) is 10.6 Å². The van der Waals surface area contributed by atoms with E-state index in [0.29, 0.717) is 17.0 Å². The molecule has 7 nitrogen and oxygen atoms in total. The minimum atomic E-state index is -1.92. The van der Waals surface area contributed by atoms with E-state index in [-0.39, 0.29) is 10.7 Å². The Bertz CT molecular complexity index is 887. The lowest BCUT2D eigenvalue weighted by atomic mass is 10.2. The van der Waals surface area contributed by atoms with Gasteiger partial charge in [-0.15, -0.1) is 0 Å². The second-order valence-corrected chi connectivity index (χ2v) is 8.43. The van der Waals surface area contributed by atoms with Gasteiger partial charge < -0.3 is 25.8 Å². The Labute approximate surface area is 187 Å². The Morgan fingerprint density at radius 1 is 1.00 bits per heavy atom. The number of alkyl halides is 3. The molecule has 1 atom stereocenters. The lowest BCUT2D eigenvalue weighted by Crippen LogP contribution is -2.56. The Hall–Kier alpha value is -2.26. The van der Waals surface area contributed by atoms with Crippen molar-refractivity contribution >= 4 is 69.7 Å². The number of carboxylic acids is 1. The fourth-order valence-electron chi connectivity index (χ4n) is 2.15. The number of hydrogen-bond donors (Lipinski definition) is 4. The molecule has 29 heavy (non-hydrogen) atoms. The number of amides is 1. The molecule has 0 aromatic heterocycles. The third-order valence-electron chi connectivity index (χ3n) is 3.62. The molecule has 0 aliphatic carbocycles. The van der Waals surface area contributed by atoms with Crippen LogP contribution in [0.2, 0.25) is 0 Å². The van der Waals surface area contributed by atoms with Gasteiger partial charge in [-0.05, 0) is 60.7 Å².